The zero-order valence-corrected chi connectivity index (χ0v) is 16.7. The van der Waals surface area contributed by atoms with Crippen LogP contribution in [0.3, 0.4) is 0 Å². The molecule has 10 heteroatoms. The van der Waals surface area contributed by atoms with Crippen LogP contribution < -0.4 is 10.1 Å². The molecule has 4 rings (SSSR count). The van der Waals surface area contributed by atoms with E-state index in [1.807, 2.05) is 0 Å². The highest BCUT2D eigenvalue weighted by Crippen LogP contribution is 2.33. The summed E-state index contributed by atoms with van der Waals surface area (Å²) in [5.74, 6) is -0.977. The van der Waals surface area contributed by atoms with Crippen molar-refractivity contribution in [2.75, 3.05) is 5.32 Å². The number of anilines is 1. The van der Waals surface area contributed by atoms with Crippen molar-refractivity contribution >= 4 is 17.4 Å². The molecule has 0 saturated heterocycles. The summed E-state index contributed by atoms with van der Waals surface area (Å²) in [5, 5.41) is 7.08. The number of halogens is 4. The molecular formula is C22H16F4N4O2. The molecule has 0 bridgehead atoms. The number of hydrogen-bond acceptors (Lipinski definition) is 4. The van der Waals surface area contributed by atoms with Crippen LogP contribution in [0.1, 0.15) is 11.3 Å². The fourth-order valence-corrected chi connectivity index (χ4v) is 3.16. The van der Waals surface area contributed by atoms with Gasteiger partial charge in [-0.3, -0.25) is 4.79 Å². The van der Waals surface area contributed by atoms with Gasteiger partial charge in [-0.15, -0.1) is 18.3 Å². The van der Waals surface area contributed by atoms with Crippen molar-refractivity contribution < 1.29 is 27.1 Å². The predicted molar refractivity (Wildman–Crippen MR) is 109 cm³/mol. The molecule has 1 N–H and O–H groups in total. The number of hydrogen-bond donors (Lipinski definition) is 1. The number of ether oxygens (including phenoxy) is 1. The van der Waals surface area contributed by atoms with Crippen LogP contribution in [-0.4, -0.2) is 26.9 Å². The van der Waals surface area contributed by atoms with Crippen LogP contribution in [-0.2, 0) is 11.2 Å². The maximum atomic E-state index is 13.1. The summed E-state index contributed by atoms with van der Waals surface area (Å²) in [5.41, 5.74) is 2.66. The van der Waals surface area contributed by atoms with Gasteiger partial charge in [-0.2, -0.15) is 0 Å². The number of aryl methyl sites for hydroxylation is 1. The number of nitrogens with zero attached hydrogens (tertiary/aromatic N) is 3. The summed E-state index contributed by atoms with van der Waals surface area (Å²) in [4.78, 5) is 17.0. The lowest BCUT2D eigenvalue weighted by molar-refractivity contribution is -0.274. The third kappa shape index (κ3) is 4.85. The molecule has 1 amide bonds. The van der Waals surface area contributed by atoms with Crippen molar-refractivity contribution in [3.05, 3.63) is 77.9 Å². The molecule has 0 aliphatic carbocycles. The van der Waals surface area contributed by atoms with Crippen molar-refractivity contribution in [1.82, 2.24) is 14.6 Å². The molecule has 0 aliphatic rings. The zero-order valence-electron chi connectivity index (χ0n) is 16.7. The van der Waals surface area contributed by atoms with Gasteiger partial charge in [-0.25, -0.2) is 13.9 Å². The van der Waals surface area contributed by atoms with Crippen LogP contribution in [0.15, 0.2) is 60.8 Å². The van der Waals surface area contributed by atoms with Crippen molar-refractivity contribution in [3.8, 4) is 16.9 Å². The molecule has 32 heavy (non-hydrogen) atoms. The van der Waals surface area contributed by atoms with E-state index in [4.69, 9.17) is 0 Å². The monoisotopic (exact) mass is 444 g/mol. The number of nitrogens with one attached hydrogen (secondary N) is 1. The minimum Gasteiger partial charge on any atom is -0.406 e. The van der Waals surface area contributed by atoms with Crippen LogP contribution in [0.4, 0.5) is 23.4 Å². The van der Waals surface area contributed by atoms with Gasteiger partial charge in [0.25, 0.3) is 0 Å². The smallest absolute Gasteiger partial charge is 0.406 e. The number of fused-ring (bicyclic) bond motifs is 1. The standard InChI is InChI=1S/C22H16F4N4O2/c1-13-10-11-30-21(27-13)19(15-4-8-17(9-5-15)32-22(24,25)26)20(29-30)28-18(31)12-14-2-6-16(23)7-3-14/h2-11H,12H2,1H3,(H,28,29,31). The van der Waals surface area contributed by atoms with E-state index in [0.29, 0.717) is 28.0 Å². The summed E-state index contributed by atoms with van der Waals surface area (Å²) < 4.78 is 55.9. The Labute approximate surface area is 179 Å². The highest BCUT2D eigenvalue weighted by Gasteiger charge is 2.31. The molecule has 0 aliphatic heterocycles. The van der Waals surface area contributed by atoms with Crippen LogP contribution in [0.2, 0.25) is 0 Å². The average Bonchev–Trinajstić information content (AvgIpc) is 3.06. The fraction of sp³-hybridized carbons (Fsp3) is 0.136. The van der Waals surface area contributed by atoms with E-state index in [2.05, 4.69) is 20.1 Å². The van der Waals surface area contributed by atoms with Gasteiger partial charge in [0.05, 0.1) is 12.0 Å². The number of alkyl halides is 3. The highest BCUT2D eigenvalue weighted by molar-refractivity contribution is 5.98. The summed E-state index contributed by atoms with van der Waals surface area (Å²) in [6, 6.07) is 12.5. The van der Waals surface area contributed by atoms with Gasteiger partial charge in [0.2, 0.25) is 5.91 Å². The molecule has 4 aromatic rings. The van der Waals surface area contributed by atoms with E-state index < -0.39 is 18.1 Å². The third-order valence-electron chi connectivity index (χ3n) is 4.54. The van der Waals surface area contributed by atoms with Gasteiger partial charge in [0, 0.05) is 11.9 Å². The van der Waals surface area contributed by atoms with Crippen molar-refractivity contribution in [2.45, 2.75) is 19.7 Å². The molecule has 2 aromatic heterocycles. The molecule has 0 fully saturated rings. The summed E-state index contributed by atoms with van der Waals surface area (Å²) in [6.45, 7) is 1.78. The Bertz CT molecular complexity index is 1270. The Kier molecular flexibility index (Phi) is 5.52. The van der Waals surface area contributed by atoms with Crippen LogP contribution >= 0.6 is 0 Å². The summed E-state index contributed by atoms with van der Waals surface area (Å²) in [6.07, 6.45) is -3.15. The third-order valence-corrected chi connectivity index (χ3v) is 4.54. The fourth-order valence-electron chi connectivity index (χ4n) is 3.16. The Balaban J connectivity index is 1.67. The van der Waals surface area contributed by atoms with E-state index in [1.54, 1.807) is 19.2 Å². The zero-order chi connectivity index (χ0) is 22.9. The van der Waals surface area contributed by atoms with Gasteiger partial charge < -0.3 is 10.1 Å². The topological polar surface area (TPSA) is 68.5 Å². The van der Waals surface area contributed by atoms with E-state index in [-0.39, 0.29) is 18.0 Å². The van der Waals surface area contributed by atoms with E-state index in [0.717, 1.165) is 0 Å². The maximum Gasteiger partial charge on any atom is 0.573 e. The van der Waals surface area contributed by atoms with E-state index >= 15 is 0 Å². The summed E-state index contributed by atoms with van der Waals surface area (Å²) in [7, 11) is 0. The molecule has 2 heterocycles. The molecule has 0 unspecified atom stereocenters. The lowest BCUT2D eigenvalue weighted by Gasteiger charge is -2.10. The highest BCUT2D eigenvalue weighted by atomic mass is 19.4. The SMILES string of the molecule is Cc1ccn2nc(NC(=O)Cc3ccc(F)cc3)c(-c3ccc(OC(F)(F)F)cc3)c2n1. The number of carbonyl (C=O) groups excluding carboxylic acids is 1. The number of rotatable bonds is 5. The first-order chi connectivity index (χ1) is 15.2. The molecule has 0 atom stereocenters. The summed E-state index contributed by atoms with van der Waals surface area (Å²) >= 11 is 0. The molecule has 0 saturated carbocycles. The van der Waals surface area contributed by atoms with Crippen LogP contribution in [0.5, 0.6) is 5.75 Å². The number of amides is 1. The minimum atomic E-state index is -4.80. The number of carbonyl (C=O) groups is 1. The lowest BCUT2D eigenvalue weighted by Crippen LogP contribution is -2.17. The Hall–Kier alpha value is -3.95. The van der Waals surface area contributed by atoms with Gasteiger partial charge in [-0.1, -0.05) is 24.3 Å². The molecule has 6 nitrogen and oxygen atoms in total. The van der Waals surface area contributed by atoms with Crippen molar-refractivity contribution in [1.29, 1.82) is 0 Å². The Morgan fingerprint density at radius 2 is 1.75 bits per heavy atom. The van der Waals surface area contributed by atoms with Crippen molar-refractivity contribution in [2.24, 2.45) is 0 Å². The lowest BCUT2D eigenvalue weighted by atomic mass is 10.1. The molecule has 0 radical (unpaired) electrons. The number of benzene rings is 2. The second-order valence-electron chi connectivity index (χ2n) is 6.98. The first-order valence-electron chi connectivity index (χ1n) is 9.44. The molecular weight excluding hydrogens is 428 g/mol. The quantitative estimate of drug-likeness (QED) is 0.444. The molecule has 2 aromatic carbocycles. The minimum absolute atomic E-state index is 0.0155. The predicted octanol–water partition coefficient (Wildman–Crippen LogP) is 4.92. The molecule has 0 spiro atoms. The number of aromatic nitrogens is 3. The second kappa shape index (κ2) is 8.29. The first kappa shape index (κ1) is 21.3. The van der Waals surface area contributed by atoms with E-state index in [9.17, 15) is 22.4 Å². The average molecular weight is 444 g/mol. The van der Waals surface area contributed by atoms with Gasteiger partial charge in [0.15, 0.2) is 11.5 Å². The Morgan fingerprint density at radius 3 is 2.41 bits per heavy atom. The normalized spacial score (nSPS) is 11.5. The second-order valence-corrected chi connectivity index (χ2v) is 6.98. The van der Waals surface area contributed by atoms with E-state index in [1.165, 1.54) is 53.0 Å². The van der Waals surface area contributed by atoms with Gasteiger partial charge in [0.1, 0.15) is 11.6 Å². The maximum absolute atomic E-state index is 13.1. The van der Waals surface area contributed by atoms with Crippen LogP contribution in [0, 0.1) is 12.7 Å². The van der Waals surface area contributed by atoms with Crippen LogP contribution in [0.25, 0.3) is 16.8 Å². The largest absolute Gasteiger partial charge is 0.573 e. The van der Waals surface area contributed by atoms with Gasteiger partial charge in [-0.05, 0) is 48.4 Å². The Morgan fingerprint density at radius 1 is 1.06 bits per heavy atom. The van der Waals surface area contributed by atoms with Crippen molar-refractivity contribution in [3.63, 3.8) is 0 Å². The molecule has 164 valence electrons. The first-order valence-corrected chi connectivity index (χ1v) is 9.44. The van der Waals surface area contributed by atoms with Gasteiger partial charge >= 0.3 is 6.36 Å².